The van der Waals surface area contributed by atoms with Crippen LogP contribution in [0.3, 0.4) is 0 Å². The molecule has 0 aliphatic carbocycles. The zero-order chi connectivity index (χ0) is 36.9. The van der Waals surface area contributed by atoms with Gasteiger partial charge in [0.15, 0.2) is 0 Å². The standard InChI is InChI=1S/C46H58N2S2/c1-27-29(3)49-41(47(27)39-25-35(45(11,12)13)23-31-21-33(43(5,6)7)17-19-37(31)39)42-48(28(2)30(4)50-42)40-26-36(46(14,15)16)24-32-22-34(44(8,9)10)18-20-38(32)40/h17-26H,1-16H3/b42-41+. The third-order valence-corrected chi connectivity index (χ3v) is 13.1. The van der Waals surface area contributed by atoms with E-state index in [4.69, 9.17) is 0 Å². The molecule has 0 radical (unpaired) electrons. The largest absolute Gasteiger partial charge is 0.305 e. The second-order valence-corrected chi connectivity index (χ2v) is 21.0. The molecule has 50 heavy (non-hydrogen) atoms. The van der Waals surface area contributed by atoms with Crippen molar-refractivity contribution in [1.29, 1.82) is 0 Å². The first-order valence-electron chi connectivity index (χ1n) is 18.2. The monoisotopic (exact) mass is 702 g/mol. The Balaban J connectivity index is 1.64. The molecule has 0 atom stereocenters. The minimum atomic E-state index is 0.00854. The summed E-state index contributed by atoms with van der Waals surface area (Å²) in [4.78, 5) is 7.84. The summed E-state index contributed by atoms with van der Waals surface area (Å²) in [5.41, 5.74) is 10.8. The van der Waals surface area contributed by atoms with Crippen molar-refractivity contribution >= 4 is 56.4 Å². The number of fused-ring (bicyclic) bond motifs is 2. The molecule has 4 heteroatoms. The minimum absolute atomic E-state index is 0.00854. The number of hydrogen-bond acceptors (Lipinski definition) is 4. The van der Waals surface area contributed by atoms with E-state index < -0.39 is 0 Å². The SMILES string of the molecule is CC1=C(C)N(c2cc(C(C)(C)C)cc3cc(C(C)(C)C)ccc23)/C(=C2\SC(C)=C(C)N2c2cc(C(C)(C)C)cc3cc(C(C)(C)C)ccc23)S1. The third kappa shape index (κ3) is 6.56. The fourth-order valence-electron chi connectivity index (χ4n) is 6.88. The molecular formula is C46H58N2S2. The molecule has 2 heterocycles. The van der Waals surface area contributed by atoms with Crippen LogP contribution in [-0.2, 0) is 21.7 Å². The predicted octanol–water partition coefficient (Wildman–Crippen LogP) is 14.6. The molecule has 0 saturated heterocycles. The Morgan fingerprint density at radius 1 is 0.400 bits per heavy atom. The van der Waals surface area contributed by atoms with E-state index in [1.54, 1.807) is 0 Å². The molecule has 2 aliphatic rings. The Morgan fingerprint density at radius 3 is 1.00 bits per heavy atom. The molecular weight excluding hydrogens is 645 g/mol. The van der Waals surface area contributed by atoms with Gasteiger partial charge in [0, 0.05) is 32.0 Å². The third-order valence-electron chi connectivity index (χ3n) is 10.6. The lowest BCUT2D eigenvalue weighted by atomic mass is 9.82. The zero-order valence-electron chi connectivity index (χ0n) is 33.5. The van der Waals surface area contributed by atoms with Gasteiger partial charge in [0.05, 0.1) is 11.4 Å². The second kappa shape index (κ2) is 12.3. The van der Waals surface area contributed by atoms with E-state index in [0.29, 0.717) is 0 Å². The number of nitrogens with zero attached hydrogens (tertiary/aromatic N) is 2. The molecule has 0 amide bonds. The van der Waals surface area contributed by atoms with Gasteiger partial charge in [-0.2, -0.15) is 0 Å². The summed E-state index contributed by atoms with van der Waals surface area (Å²) in [6.45, 7) is 37.0. The molecule has 4 aromatic carbocycles. The fourth-order valence-corrected chi connectivity index (χ4v) is 9.19. The molecule has 0 bridgehead atoms. The van der Waals surface area contributed by atoms with Gasteiger partial charge in [0.1, 0.15) is 10.1 Å². The lowest BCUT2D eigenvalue weighted by Gasteiger charge is -2.32. The Labute approximate surface area is 311 Å². The van der Waals surface area contributed by atoms with Crippen LogP contribution in [0.1, 0.15) is 133 Å². The van der Waals surface area contributed by atoms with Gasteiger partial charge in [-0.1, -0.05) is 155 Å². The van der Waals surface area contributed by atoms with Crippen molar-refractivity contribution in [3.05, 3.63) is 114 Å². The summed E-state index contributed by atoms with van der Waals surface area (Å²) in [6.07, 6.45) is 0. The normalized spacial score (nSPS) is 18.2. The molecule has 2 nitrogen and oxygen atoms in total. The zero-order valence-corrected chi connectivity index (χ0v) is 35.1. The van der Waals surface area contributed by atoms with Gasteiger partial charge >= 0.3 is 0 Å². The van der Waals surface area contributed by atoms with Gasteiger partial charge < -0.3 is 9.80 Å². The smallest absolute Gasteiger partial charge is 0.116 e. The van der Waals surface area contributed by atoms with Gasteiger partial charge in [0.25, 0.3) is 0 Å². The Bertz CT molecular complexity index is 1970. The lowest BCUT2D eigenvalue weighted by Crippen LogP contribution is -2.24. The summed E-state index contributed by atoms with van der Waals surface area (Å²) in [6, 6.07) is 24.1. The number of anilines is 2. The summed E-state index contributed by atoms with van der Waals surface area (Å²) in [7, 11) is 0. The van der Waals surface area contributed by atoms with E-state index in [1.165, 1.54) is 86.4 Å². The topological polar surface area (TPSA) is 6.48 Å². The molecule has 0 fully saturated rings. The van der Waals surface area contributed by atoms with Crippen molar-refractivity contribution in [1.82, 2.24) is 0 Å². The number of allylic oxidation sites excluding steroid dienone is 4. The average molecular weight is 703 g/mol. The first kappa shape index (κ1) is 36.7. The van der Waals surface area contributed by atoms with Gasteiger partial charge in [-0.25, -0.2) is 0 Å². The van der Waals surface area contributed by atoms with Crippen molar-refractivity contribution in [3.8, 4) is 0 Å². The summed E-state index contributed by atoms with van der Waals surface area (Å²) >= 11 is 3.85. The highest BCUT2D eigenvalue weighted by Crippen LogP contribution is 2.55. The summed E-state index contributed by atoms with van der Waals surface area (Å²) < 4.78 is 0. The highest BCUT2D eigenvalue weighted by atomic mass is 32.2. The quantitative estimate of drug-likeness (QED) is 0.205. The lowest BCUT2D eigenvalue weighted by molar-refractivity contribution is 0.589. The van der Waals surface area contributed by atoms with Gasteiger partial charge in [0.2, 0.25) is 0 Å². The molecule has 0 unspecified atom stereocenters. The van der Waals surface area contributed by atoms with Crippen molar-refractivity contribution in [2.75, 3.05) is 9.80 Å². The fraction of sp³-hybridized carbons (Fsp3) is 0.435. The first-order valence-corrected chi connectivity index (χ1v) is 19.8. The molecule has 6 rings (SSSR count). The van der Waals surface area contributed by atoms with Crippen LogP contribution in [0.4, 0.5) is 11.4 Å². The van der Waals surface area contributed by atoms with E-state index in [1.807, 2.05) is 23.5 Å². The van der Waals surface area contributed by atoms with E-state index in [0.717, 1.165) is 0 Å². The van der Waals surface area contributed by atoms with Crippen molar-refractivity contribution in [2.45, 2.75) is 132 Å². The van der Waals surface area contributed by atoms with Gasteiger partial charge in [-0.05, 0) is 94.5 Å². The van der Waals surface area contributed by atoms with Crippen LogP contribution in [-0.4, -0.2) is 0 Å². The van der Waals surface area contributed by atoms with Crippen molar-refractivity contribution in [2.24, 2.45) is 0 Å². The molecule has 264 valence electrons. The van der Waals surface area contributed by atoms with Crippen LogP contribution in [0.2, 0.25) is 0 Å². The maximum atomic E-state index is 2.57. The van der Waals surface area contributed by atoms with Crippen LogP contribution >= 0.6 is 23.5 Å². The van der Waals surface area contributed by atoms with Gasteiger partial charge in [-0.15, -0.1) is 0 Å². The number of thioether (sulfide) groups is 2. The van der Waals surface area contributed by atoms with Crippen LogP contribution < -0.4 is 9.80 Å². The van der Waals surface area contributed by atoms with Crippen molar-refractivity contribution in [3.63, 3.8) is 0 Å². The molecule has 0 spiro atoms. The van der Waals surface area contributed by atoms with Gasteiger partial charge in [-0.3, -0.25) is 0 Å². The first-order chi connectivity index (χ1) is 23.0. The van der Waals surface area contributed by atoms with Crippen LogP contribution in [0.5, 0.6) is 0 Å². The molecule has 4 aromatic rings. The van der Waals surface area contributed by atoms with Crippen LogP contribution in [0.15, 0.2) is 91.9 Å². The Morgan fingerprint density at radius 2 is 0.700 bits per heavy atom. The number of benzene rings is 4. The van der Waals surface area contributed by atoms with Crippen LogP contribution in [0, 0.1) is 0 Å². The van der Waals surface area contributed by atoms with Crippen molar-refractivity contribution < 1.29 is 0 Å². The number of rotatable bonds is 2. The molecule has 0 aromatic heterocycles. The second-order valence-electron chi connectivity index (χ2n) is 18.6. The van der Waals surface area contributed by atoms with E-state index in [2.05, 4.69) is 181 Å². The Kier molecular flexibility index (Phi) is 9.00. The van der Waals surface area contributed by atoms with E-state index in [-0.39, 0.29) is 21.7 Å². The molecule has 2 aliphatic heterocycles. The average Bonchev–Trinajstić information content (AvgIpc) is 3.46. The summed E-state index contributed by atoms with van der Waals surface area (Å²) in [5, 5.41) is 7.79. The predicted molar refractivity (Wildman–Crippen MR) is 227 cm³/mol. The molecule has 0 saturated carbocycles. The van der Waals surface area contributed by atoms with E-state index >= 15 is 0 Å². The number of hydrogen-bond donors (Lipinski definition) is 0. The van der Waals surface area contributed by atoms with Crippen LogP contribution in [0.25, 0.3) is 21.5 Å². The maximum absolute atomic E-state index is 2.57. The highest BCUT2D eigenvalue weighted by molar-refractivity contribution is 8.10. The highest BCUT2D eigenvalue weighted by Gasteiger charge is 2.37. The maximum Gasteiger partial charge on any atom is 0.116 e. The minimum Gasteiger partial charge on any atom is -0.305 e. The Hall–Kier alpha value is -3.08. The molecule has 0 N–H and O–H groups in total. The van der Waals surface area contributed by atoms with E-state index in [9.17, 15) is 0 Å². The summed E-state index contributed by atoms with van der Waals surface area (Å²) in [5.74, 6) is 0.